The first-order valence-corrected chi connectivity index (χ1v) is 7.25. The third-order valence-corrected chi connectivity index (χ3v) is 3.29. The van der Waals surface area contributed by atoms with Crippen molar-refractivity contribution in [2.45, 2.75) is 0 Å². The summed E-state index contributed by atoms with van der Waals surface area (Å²) >= 11 is 0. The highest BCUT2D eigenvalue weighted by Crippen LogP contribution is 2.20. The summed E-state index contributed by atoms with van der Waals surface area (Å²) < 4.78 is 0. The molecule has 0 aliphatic rings. The summed E-state index contributed by atoms with van der Waals surface area (Å²) in [6, 6.07) is 11.7. The van der Waals surface area contributed by atoms with Crippen LogP contribution in [0.3, 0.4) is 0 Å². The molecule has 0 saturated heterocycles. The van der Waals surface area contributed by atoms with Crippen LogP contribution in [0.4, 0.5) is 11.6 Å². The quantitative estimate of drug-likeness (QED) is 0.478. The second kappa shape index (κ2) is 6.71. The van der Waals surface area contributed by atoms with Crippen LogP contribution in [0.2, 0.25) is 0 Å². The molecule has 6 N–H and O–H groups in total. The Hall–Kier alpha value is -3.88. The minimum atomic E-state index is -0.824. The lowest BCUT2D eigenvalue weighted by Crippen LogP contribution is -2.17. The summed E-state index contributed by atoms with van der Waals surface area (Å²) in [5, 5.41) is 5.07. The van der Waals surface area contributed by atoms with Gasteiger partial charge in [0.2, 0.25) is 0 Å². The van der Waals surface area contributed by atoms with Gasteiger partial charge in [-0.3, -0.25) is 14.4 Å². The van der Waals surface area contributed by atoms with Crippen LogP contribution in [0, 0.1) is 0 Å². The van der Waals surface area contributed by atoms with Crippen molar-refractivity contribution in [3.63, 3.8) is 0 Å². The van der Waals surface area contributed by atoms with Crippen LogP contribution >= 0.6 is 0 Å². The van der Waals surface area contributed by atoms with Crippen LogP contribution in [0.15, 0.2) is 48.7 Å². The SMILES string of the molecule is NC(=O)c1nc(NC(=O)c2ccccc2)c(NC(=O)c2ccc[nH]2)[nH]1. The van der Waals surface area contributed by atoms with E-state index < -0.39 is 17.7 Å². The highest BCUT2D eigenvalue weighted by Gasteiger charge is 2.19. The van der Waals surface area contributed by atoms with Crippen molar-refractivity contribution in [1.29, 1.82) is 0 Å². The van der Waals surface area contributed by atoms with Crippen LogP contribution in [-0.4, -0.2) is 32.7 Å². The molecule has 0 aliphatic heterocycles. The molecular formula is C16H14N6O3. The zero-order chi connectivity index (χ0) is 17.8. The molecule has 0 radical (unpaired) electrons. The molecule has 2 heterocycles. The molecule has 0 saturated carbocycles. The molecular weight excluding hydrogens is 324 g/mol. The number of nitrogens with two attached hydrogens (primary N) is 1. The molecule has 3 rings (SSSR count). The van der Waals surface area contributed by atoms with E-state index in [4.69, 9.17) is 5.73 Å². The highest BCUT2D eigenvalue weighted by molar-refractivity contribution is 6.08. The maximum absolute atomic E-state index is 12.3. The summed E-state index contributed by atoms with van der Waals surface area (Å²) in [5.74, 6) is -1.89. The Kier molecular flexibility index (Phi) is 4.29. The number of aromatic amines is 2. The predicted molar refractivity (Wildman–Crippen MR) is 90.2 cm³/mol. The van der Waals surface area contributed by atoms with Gasteiger partial charge in [-0.05, 0) is 24.3 Å². The summed E-state index contributed by atoms with van der Waals surface area (Å²) in [6.07, 6.45) is 1.59. The maximum Gasteiger partial charge on any atom is 0.284 e. The van der Waals surface area contributed by atoms with Gasteiger partial charge < -0.3 is 26.3 Å². The average Bonchev–Trinajstić information content (AvgIpc) is 3.26. The Morgan fingerprint density at radius 3 is 2.36 bits per heavy atom. The molecule has 3 amide bonds. The topological polar surface area (TPSA) is 146 Å². The Bertz CT molecular complexity index is 915. The lowest BCUT2D eigenvalue weighted by molar-refractivity contribution is 0.0986. The number of nitrogens with one attached hydrogen (secondary N) is 4. The fourth-order valence-electron chi connectivity index (χ4n) is 2.09. The average molecular weight is 338 g/mol. The number of anilines is 2. The van der Waals surface area contributed by atoms with Crippen molar-refractivity contribution in [3.8, 4) is 0 Å². The van der Waals surface area contributed by atoms with E-state index in [1.54, 1.807) is 48.7 Å². The van der Waals surface area contributed by atoms with Crippen molar-refractivity contribution in [1.82, 2.24) is 15.0 Å². The minimum Gasteiger partial charge on any atom is -0.363 e. The number of aromatic nitrogens is 3. The first-order valence-electron chi connectivity index (χ1n) is 7.25. The second-order valence-electron chi connectivity index (χ2n) is 5.03. The van der Waals surface area contributed by atoms with Gasteiger partial charge in [0, 0.05) is 11.8 Å². The van der Waals surface area contributed by atoms with Crippen LogP contribution in [0.25, 0.3) is 0 Å². The van der Waals surface area contributed by atoms with Crippen molar-refractivity contribution < 1.29 is 14.4 Å². The Morgan fingerprint density at radius 1 is 0.960 bits per heavy atom. The second-order valence-corrected chi connectivity index (χ2v) is 5.03. The Labute approximate surface area is 141 Å². The van der Waals surface area contributed by atoms with Gasteiger partial charge in [-0.15, -0.1) is 0 Å². The Morgan fingerprint density at radius 2 is 1.72 bits per heavy atom. The van der Waals surface area contributed by atoms with Crippen LogP contribution in [-0.2, 0) is 0 Å². The number of H-pyrrole nitrogens is 2. The van der Waals surface area contributed by atoms with Crippen molar-refractivity contribution in [3.05, 3.63) is 65.7 Å². The first-order chi connectivity index (χ1) is 12.0. The van der Waals surface area contributed by atoms with E-state index >= 15 is 0 Å². The molecule has 1 aromatic carbocycles. The molecule has 3 aromatic rings. The fourth-order valence-corrected chi connectivity index (χ4v) is 2.09. The molecule has 0 unspecified atom stereocenters. The fraction of sp³-hybridized carbons (Fsp3) is 0. The molecule has 0 bridgehead atoms. The molecule has 0 aliphatic carbocycles. The number of imidazole rings is 1. The maximum atomic E-state index is 12.3. The van der Waals surface area contributed by atoms with E-state index in [2.05, 4.69) is 25.6 Å². The summed E-state index contributed by atoms with van der Waals surface area (Å²) in [7, 11) is 0. The van der Waals surface area contributed by atoms with Crippen LogP contribution < -0.4 is 16.4 Å². The van der Waals surface area contributed by atoms with Crippen LogP contribution in [0.5, 0.6) is 0 Å². The van der Waals surface area contributed by atoms with Crippen LogP contribution in [0.1, 0.15) is 31.5 Å². The van der Waals surface area contributed by atoms with E-state index in [0.29, 0.717) is 11.3 Å². The predicted octanol–water partition coefficient (Wildman–Crippen LogP) is 1.34. The van der Waals surface area contributed by atoms with E-state index in [9.17, 15) is 14.4 Å². The number of nitrogens with zero attached hydrogens (tertiary/aromatic N) is 1. The minimum absolute atomic E-state index is 0.0115. The zero-order valence-electron chi connectivity index (χ0n) is 12.9. The number of amides is 3. The van der Waals surface area contributed by atoms with Crippen molar-refractivity contribution >= 4 is 29.4 Å². The molecule has 0 atom stereocenters. The highest BCUT2D eigenvalue weighted by atomic mass is 16.2. The molecule has 126 valence electrons. The summed E-state index contributed by atoms with van der Waals surface area (Å²) in [4.78, 5) is 45.0. The largest absolute Gasteiger partial charge is 0.363 e. The van der Waals surface area contributed by atoms with Gasteiger partial charge >= 0.3 is 0 Å². The van der Waals surface area contributed by atoms with E-state index in [1.807, 2.05) is 0 Å². The number of rotatable bonds is 5. The van der Waals surface area contributed by atoms with Crippen molar-refractivity contribution in [2.75, 3.05) is 10.6 Å². The lowest BCUT2D eigenvalue weighted by Gasteiger charge is -2.06. The third-order valence-electron chi connectivity index (χ3n) is 3.29. The van der Waals surface area contributed by atoms with Gasteiger partial charge in [-0.25, -0.2) is 4.98 Å². The van der Waals surface area contributed by atoms with Gasteiger partial charge in [0.25, 0.3) is 17.7 Å². The van der Waals surface area contributed by atoms with Gasteiger partial charge in [0.05, 0.1) is 0 Å². The standard InChI is InChI=1S/C16H14N6O3/c17-11(23)12-19-13(21-15(24)9-5-2-1-3-6-9)14(20-12)22-16(25)10-7-4-8-18-10/h1-8,18H,(H2,17,23)(H,19,20)(H,21,24)(H,22,25). The van der Waals surface area contributed by atoms with E-state index in [0.717, 1.165) is 0 Å². The Balaban J connectivity index is 1.86. The lowest BCUT2D eigenvalue weighted by atomic mass is 10.2. The summed E-state index contributed by atoms with van der Waals surface area (Å²) in [5.41, 5.74) is 5.90. The van der Waals surface area contributed by atoms with E-state index in [-0.39, 0.29) is 17.5 Å². The monoisotopic (exact) mass is 338 g/mol. The molecule has 0 fully saturated rings. The summed E-state index contributed by atoms with van der Waals surface area (Å²) in [6.45, 7) is 0. The molecule has 9 heteroatoms. The van der Waals surface area contributed by atoms with Gasteiger partial charge in [-0.1, -0.05) is 18.2 Å². The number of hydrogen-bond acceptors (Lipinski definition) is 4. The van der Waals surface area contributed by atoms with Gasteiger partial charge in [0.15, 0.2) is 17.5 Å². The van der Waals surface area contributed by atoms with Gasteiger partial charge in [-0.2, -0.15) is 0 Å². The number of carbonyl (C=O) groups is 3. The number of carbonyl (C=O) groups excluding carboxylic acids is 3. The zero-order valence-corrected chi connectivity index (χ0v) is 12.9. The first kappa shape index (κ1) is 16.0. The number of benzene rings is 1. The number of hydrogen-bond donors (Lipinski definition) is 5. The molecule has 25 heavy (non-hydrogen) atoms. The van der Waals surface area contributed by atoms with Gasteiger partial charge in [0.1, 0.15) is 5.69 Å². The number of primary amides is 1. The normalized spacial score (nSPS) is 10.2. The molecule has 0 spiro atoms. The molecule has 9 nitrogen and oxygen atoms in total. The van der Waals surface area contributed by atoms with Crippen molar-refractivity contribution in [2.24, 2.45) is 5.73 Å². The van der Waals surface area contributed by atoms with E-state index in [1.165, 1.54) is 0 Å². The third kappa shape index (κ3) is 3.55. The smallest absolute Gasteiger partial charge is 0.284 e. The molecule has 2 aromatic heterocycles.